The number of hydrogen-bond donors (Lipinski definition) is 0. The van der Waals surface area contributed by atoms with Crippen LogP contribution < -0.4 is 0 Å². The smallest absolute Gasteiger partial charge is 0.236 e. The highest BCUT2D eigenvalue weighted by Gasteiger charge is 2.06. The molecule has 0 aromatic carbocycles. The highest BCUT2D eigenvalue weighted by Crippen LogP contribution is 2.12. The molecule has 0 aliphatic rings. The van der Waals surface area contributed by atoms with Gasteiger partial charge in [-0.3, -0.25) is 0 Å². The van der Waals surface area contributed by atoms with Crippen LogP contribution in [-0.2, 0) is 14.8 Å². The first-order valence-corrected chi connectivity index (χ1v) is 6.27. The Hall–Kier alpha value is -0.130. The molecule has 0 unspecified atom stereocenters. The second-order valence-corrected chi connectivity index (χ2v) is 5.76. The quantitative estimate of drug-likeness (QED) is 0.609. The van der Waals surface area contributed by atoms with E-state index in [1.165, 1.54) is 6.20 Å². The van der Waals surface area contributed by atoms with Crippen LogP contribution in [0.15, 0.2) is 22.9 Å². The number of aromatic nitrogens is 1. The van der Waals surface area contributed by atoms with Gasteiger partial charge in [0.2, 0.25) is 9.05 Å². The third-order valence-corrected chi connectivity index (χ3v) is 2.57. The van der Waals surface area contributed by atoms with Gasteiger partial charge in [0.15, 0.2) is 0 Å². The minimum atomic E-state index is -3.47. The Morgan fingerprint density at radius 1 is 1.58 bits per heavy atom. The highest BCUT2D eigenvalue weighted by molar-refractivity contribution is 9.10. The molecule has 6 heteroatoms. The summed E-state index contributed by atoms with van der Waals surface area (Å²) in [5.41, 5.74) is 0.617. The van der Waals surface area contributed by atoms with Crippen LogP contribution in [0.5, 0.6) is 0 Å². The van der Waals surface area contributed by atoms with Crippen molar-refractivity contribution in [3.05, 3.63) is 28.5 Å². The van der Waals surface area contributed by atoms with E-state index in [2.05, 4.69) is 20.9 Å². The van der Waals surface area contributed by atoms with E-state index in [1.54, 1.807) is 12.1 Å². The zero-order valence-corrected chi connectivity index (χ0v) is 9.03. The molecular formula is C6H5BrClNO2S. The van der Waals surface area contributed by atoms with Crippen LogP contribution in [0.25, 0.3) is 0 Å². The van der Waals surface area contributed by atoms with E-state index >= 15 is 0 Å². The molecule has 0 saturated heterocycles. The SMILES string of the molecule is O=S(=O)(Cl)Cc1ccnc(Br)c1. The van der Waals surface area contributed by atoms with Crippen molar-refractivity contribution in [3.63, 3.8) is 0 Å². The molecule has 0 aliphatic heterocycles. The molecule has 3 nitrogen and oxygen atoms in total. The first kappa shape index (κ1) is 9.95. The minimum Gasteiger partial charge on any atom is -0.249 e. The molecule has 1 rings (SSSR count). The molecule has 66 valence electrons. The number of pyridine rings is 1. The lowest BCUT2D eigenvalue weighted by atomic mass is 10.3. The Labute approximate surface area is 83.3 Å². The Bertz CT molecular complexity index is 379. The van der Waals surface area contributed by atoms with Gasteiger partial charge >= 0.3 is 0 Å². The van der Waals surface area contributed by atoms with Crippen molar-refractivity contribution >= 4 is 35.7 Å². The van der Waals surface area contributed by atoms with Crippen molar-refractivity contribution < 1.29 is 8.42 Å². The van der Waals surface area contributed by atoms with E-state index in [0.717, 1.165) is 0 Å². The van der Waals surface area contributed by atoms with Gasteiger partial charge in [0.05, 0.1) is 5.75 Å². The summed E-state index contributed by atoms with van der Waals surface area (Å²) in [5.74, 6) is -0.171. The van der Waals surface area contributed by atoms with Gasteiger partial charge in [-0.2, -0.15) is 0 Å². The van der Waals surface area contributed by atoms with E-state index < -0.39 is 9.05 Å². The van der Waals surface area contributed by atoms with Crippen molar-refractivity contribution in [2.24, 2.45) is 0 Å². The van der Waals surface area contributed by atoms with Gasteiger partial charge in [0.1, 0.15) is 4.60 Å². The fourth-order valence-electron chi connectivity index (χ4n) is 0.731. The third kappa shape index (κ3) is 3.51. The molecule has 1 aromatic rings. The van der Waals surface area contributed by atoms with Crippen molar-refractivity contribution in [2.45, 2.75) is 5.75 Å². The Kier molecular flexibility index (Phi) is 3.09. The predicted octanol–water partition coefficient (Wildman–Crippen LogP) is 1.91. The van der Waals surface area contributed by atoms with E-state index in [0.29, 0.717) is 10.2 Å². The van der Waals surface area contributed by atoms with E-state index in [-0.39, 0.29) is 5.75 Å². The van der Waals surface area contributed by atoms with Gasteiger partial charge in [-0.25, -0.2) is 13.4 Å². The number of hydrogen-bond acceptors (Lipinski definition) is 3. The molecule has 0 N–H and O–H groups in total. The van der Waals surface area contributed by atoms with Gasteiger partial charge in [-0.15, -0.1) is 0 Å². The molecule has 1 aromatic heterocycles. The van der Waals surface area contributed by atoms with Crippen molar-refractivity contribution in [3.8, 4) is 0 Å². The fourth-order valence-corrected chi connectivity index (χ4v) is 2.10. The highest BCUT2D eigenvalue weighted by atomic mass is 79.9. The van der Waals surface area contributed by atoms with Crippen molar-refractivity contribution in [2.75, 3.05) is 0 Å². The van der Waals surface area contributed by atoms with Gasteiger partial charge in [0.25, 0.3) is 0 Å². The summed E-state index contributed by atoms with van der Waals surface area (Å²) in [7, 11) is 1.59. The van der Waals surface area contributed by atoms with Gasteiger partial charge in [-0.05, 0) is 33.6 Å². The van der Waals surface area contributed by atoms with Crippen LogP contribution in [0.3, 0.4) is 0 Å². The number of rotatable bonds is 2. The summed E-state index contributed by atoms with van der Waals surface area (Å²) in [4.78, 5) is 3.85. The van der Waals surface area contributed by atoms with E-state index in [4.69, 9.17) is 10.7 Å². The second kappa shape index (κ2) is 3.72. The van der Waals surface area contributed by atoms with Crippen molar-refractivity contribution in [1.29, 1.82) is 0 Å². The Morgan fingerprint density at radius 2 is 2.25 bits per heavy atom. The molecule has 1 heterocycles. The average Bonchev–Trinajstić information content (AvgIpc) is 1.82. The molecule has 0 amide bonds. The molecule has 0 bridgehead atoms. The molecular weight excluding hydrogens is 265 g/mol. The maximum atomic E-state index is 10.6. The van der Waals surface area contributed by atoms with Crippen molar-refractivity contribution in [1.82, 2.24) is 4.98 Å². The minimum absolute atomic E-state index is 0.171. The first-order chi connectivity index (χ1) is 5.47. The summed E-state index contributed by atoms with van der Waals surface area (Å²) >= 11 is 3.12. The van der Waals surface area contributed by atoms with Crippen LogP contribution in [0, 0.1) is 0 Å². The maximum absolute atomic E-state index is 10.6. The summed E-state index contributed by atoms with van der Waals surface area (Å²) in [6, 6.07) is 3.21. The summed E-state index contributed by atoms with van der Waals surface area (Å²) in [6.07, 6.45) is 1.52. The zero-order chi connectivity index (χ0) is 9.19. The van der Waals surface area contributed by atoms with Crippen LogP contribution in [0.4, 0.5) is 0 Å². The van der Waals surface area contributed by atoms with Crippen LogP contribution in [0.2, 0.25) is 0 Å². The normalized spacial score (nSPS) is 11.5. The zero-order valence-electron chi connectivity index (χ0n) is 5.87. The van der Waals surface area contributed by atoms with Crippen LogP contribution in [-0.4, -0.2) is 13.4 Å². The summed E-state index contributed by atoms with van der Waals surface area (Å²) in [5, 5.41) is 0. The Balaban J connectivity index is 2.91. The molecule has 0 saturated carbocycles. The predicted molar refractivity (Wildman–Crippen MR) is 50.4 cm³/mol. The second-order valence-electron chi connectivity index (χ2n) is 2.17. The van der Waals surface area contributed by atoms with E-state index in [1.807, 2.05) is 0 Å². The lowest BCUT2D eigenvalue weighted by Gasteiger charge is -1.96. The molecule has 0 fully saturated rings. The average molecular weight is 271 g/mol. The summed E-state index contributed by atoms with van der Waals surface area (Å²) < 4.78 is 21.9. The van der Waals surface area contributed by atoms with Gasteiger partial charge in [0, 0.05) is 16.9 Å². The van der Waals surface area contributed by atoms with Crippen LogP contribution in [0.1, 0.15) is 5.56 Å². The standard InChI is InChI=1S/C6H5BrClNO2S/c7-6-3-5(1-2-9-6)4-12(8,10)11/h1-3H,4H2. The topological polar surface area (TPSA) is 47.0 Å². The maximum Gasteiger partial charge on any atom is 0.236 e. The number of halogens is 2. The fraction of sp³-hybridized carbons (Fsp3) is 0.167. The van der Waals surface area contributed by atoms with Gasteiger partial charge < -0.3 is 0 Å². The van der Waals surface area contributed by atoms with Gasteiger partial charge in [-0.1, -0.05) is 0 Å². The molecule has 0 aliphatic carbocycles. The summed E-state index contributed by atoms with van der Waals surface area (Å²) in [6.45, 7) is 0. The third-order valence-electron chi connectivity index (χ3n) is 1.13. The molecule has 0 spiro atoms. The lowest BCUT2D eigenvalue weighted by Crippen LogP contribution is -1.95. The number of nitrogens with zero attached hydrogens (tertiary/aromatic N) is 1. The van der Waals surface area contributed by atoms with Crippen LogP contribution >= 0.6 is 26.6 Å². The lowest BCUT2D eigenvalue weighted by molar-refractivity contribution is 0.609. The molecule has 0 atom stereocenters. The Morgan fingerprint density at radius 3 is 2.75 bits per heavy atom. The molecule has 0 radical (unpaired) electrons. The molecule has 12 heavy (non-hydrogen) atoms. The van der Waals surface area contributed by atoms with E-state index in [9.17, 15) is 8.42 Å². The monoisotopic (exact) mass is 269 g/mol. The first-order valence-electron chi connectivity index (χ1n) is 3.00. The largest absolute Gasteiger partial charge is 0.249 e.